The summed E-state index contributed by atoms with van der Waals surface area (Å²) >= 11 is 0. The zero-order valence-electron chi connectivity index (χ0n) is 16.4. The molecular weight excluding hydrogens is 403 g/mol. The van der Waals surface area contributed by atoms with Gasteiger partial charge in [-0.15, -0.1) is 0 Å². The summed E-state index contributed by atoms with van der Waals surface area (Å²) in [5.41, 5.74) is 4.55. The molecule has 7 heteroatoms. The fraction of sp³-hybridized carbons (Fsp3) is 0.136. The Morgan fingerprint density at radius 3 is 1.59 bits per heavy atom. The van der Waals surface area contributed by atoms with Crippen LogP contribution < -0.4 is 10.5 Å². The molecule has 1 amide bonds. The first-order valence-electron chi connectivity index (χ1n) is 8.81. The quantitative estimate of drug-likeness (QED) is 0.610. The summed E-state index contributed by atoms with van der Waals surface area (Å²) in [5, 5.41) is 8.16. The number of hydrogen-bond donors (Lipinski definition) is 2. The van der Waals surface area contributed by atoms with Crippen LogP contribution in [0.15, 0.2) is 77.7 Å². The van der Waals surface area contributed by atoms with E-state index in [2.05, 4.69) is 5.32 Å². The van der Waals surface area contributed by atoms with Gasteiger partial charge in [-0.05, 0) is 49.2 Å². The molecule has 0 radical (unpaired) electrons. The molecule has 0 aliphatic heterocycles. The van der Waals surface area contributed by atoms with Crippen LogP contribution in [0.4, 0.5) is 0 Å². The molecule has 1 unspecified atom stereocenters. The first-order chi connectivity index (χ1) is 13.2. The molecule has 152 valence electrons. The number of aryl methyl sites for hydroxylation is 2. The Labute approximate surface area is 175 Å². The van der Waals surface area contributed by atoms with Crippen LogP contribution in [0.25, 0.3) is 0 Å². The van der Waals surface area contributed by atoms with Gasteiger partial charge in [0.15, 0.2) is 0 Å². The summed E-state index contributed by atoms with van der Waals surface area (Å²) in [5.74, 6) is -0.299. The number of nitrogens with two attached hydrogens (primary N) is 1. The van der Waals surface area contributed by atoms with E-state index in [1.54, 1.807) is 0 Å². The van der Waals surface area contributed by atoms with Gasteiger partial charge in [0, 0.05) is 5.56 Å². The van der Waals surface area contributed by atoms with E-state index in [1.807, 2.05) is 62.4 Å². The number of rotatable bonds is 5. The van der Waals surface area contributed by atoms with Crippen LogP contribution in [0.1, 0.15) is 38.7 Å². The molecule has 29 heavy (non-hydrogen) atoms. The second kappa shape index (κ2) is 9.31. The third-order valence-electron chi connectivity index (χ3n) is 4.54. The van der Waals surface area contributed by atoms with Gasteiger partial charge in [-0.3, -0.25) is 4.79 Å². The minimum Gasteiger partial charge on any atom is -0.341 e. The van der Waals surface area contributed by atoms with Crippen molar-refractivity contribution in [1.29, 1.82) is 0 Å². The first-order valence-corrected chi connectivity index (χ1v) is 10.4. The summed E-state index contributed by atoms with van der Waals surface area (Å²) in [6, 6.07) is 21.2. The molecule has 0 saturated heterocycles. The fourth-order valence-electron chi connectivity index (χ4n) is 2.89. The standard InChI is InChI=1S/C22H22N2O3S.H3P/c1-15-3-7-17(8-4-15)21(18-9-5-16(2)6-10-18)24-22(25)19-11-13-20(14-12-19)28(23,26)27;/h3-14,21H,1-2H3,(H,24,25)(H2,23,26,27);1H3. The van der Waals surface area contributed by atoms with Gasteiger partial charge in [0.1, 0.15) is 0 Å². The van der Waals surface area contributed by atoms with Gasteiger partial charge in [0.25, 0.3) is 5.91 Å². The molecule has 0 fully saturated rings. The second-order valence-electron chi connectivity index (χ2n) is 6.80. The van der Waals surface area contributed by atoms with Gasteiger partial charge in [-0.2, -0.15) is 9.90 Å². The lowest BCUT2D eigenvalue weighted by Crippen LogP contribution is -2.29. The molecule has 0 aliphatic rings. The van der Waals surface area contributed by atoms with Crippen LogP contribution in [0.5, 0.6) is 0 Å². The molecular formula is C22H25N2O3PS. The molecule has 3 aromatic carbocycles. The molecule has 0 saturated carbocycles. The van der Waals surface area contributed by atoms with Crippen molar-refractivity contribution in [2.24, 2.45) is 5.14 Å². The summed E-state index contributed by atoms with van der Waals surface area (Å²) in [7, 11) is -3.79. The van der Waals surface area contributed by atoms with E-state index < -0.39 is 10.0 Å². The molecule has 1 atom stereocenters. The Hall–Kier alpha value is -2.53. The maximum absolute atomic E-state index is 12.8. The predicted molar refractivity (Wildman–Crippen MR) is 121 cm³/mol. The molecule has 5 nitrogen and oxygen atoms in total. The first kappa shape index (κ1) is 22.8. The van der Waals surface area contributed by atoms with Crippen molar-refractivity contribution in [2.75, 3.05) is 0 Å². The maximum atomic E-state index is 12.8. The highest BCUT2D eigenvalue weighted by atomic mass is 32.2. The normalized spacial score (nSPS) is 11.0. The van der Waals surface area contributed by atoms with E-state index in [-0.39, 0.29) is 26.7 Å². The number of sulfonamides is 1. The Kier molecular flexibility index (Phi) is 7.31. The summed E-state index contributed by atoms with van der Waals surface area (Å²) in [6.07, 6.45) is 0. The largest absolute Gasteiger partial charge is 0.341 e. The van der Waals surface area contributed by atoms with Gasteiger partial charge < -0.3 is 5.32 Å². The number of carbonyl (C=O) groups is 1. The smallest absolute Gasteiger partial charge is 0.252 e. The molecule has 0 aliphatic carbocycles. The van der Waals surface area contributed by atoms with Crippen LogP contribution >= 0.6 is 9.90 Å². The summed E-state index contributed by atoms with van der Waals surface area (Å²) in [4.78, 5) is 12.8. The van der Waals surface area contributed by atoms with Gasteiger partial charge in [0.2, 0.25) is 10.0 Å². The fourth-order valence-corrected chi connectivity index (χ4v) is 3.40. The van der Waals surface area contributed by atoms with Crippen molar-refractivity contribution in [3.63, 3.8) is 0 Å². The van der Waals surface area contributed by atoms with E-state index >= 15 is 0 Å². The zero-order valence-corrected chi connectivity index (χ0v) is 18.7. The number of benzene rings is 3. The average molecular weight is 428 g/mol. The molecule has 0 aromatic heterocycles. The van der Waals surface area contributed by atoms with E-state index in [1.165, 1.54) is 24.3 Å². The number of hydrogen-bond acceptors (Lipinski definition) is 3. The SMILES string of the molecule is Cc1ccc(C(NC(=O)c2ccc(S(N)(=O)=O)cc2)c2ccc(C)cc2)cc1.P. The van der Waals surface area contributed by atoms with Gasteiger partial charge in [-0.1, -0.05) is 59.7 Å². The van der Waals surface area contributed by atoms with Crippen LogP contribution in [0, 0.1) is 13.8 Å². The van der Waals surface area contributed by atoms with Crippen molar-refractivity contribution in [3.05, 3.63) is 101 Å². The topological polar surface area (TPSA) is 89.3 Å². The lowest BCUT2D eigenvalue weighted by atomic mass is 9.96. The van der Waals surface area contributed by atoms with E-state index in [9.17, 15) is 13.2 Å². The lowest BCUT2D eigenvalue weighted by Gasteiger charge is -2.20. The number of primary sulfonamides is 1. The molecule has 0 heterocycles. The summed E-state index contributed by atoms with van der Waals surface area (Å²) in [6.45, 7) is 4.02. The van der Waals surface area contributed by atoms with Crippen molar-refractivity contribution in [3.8, 4) is 0 Å². The van der Waals surface area contributed by atoms with Crippen LogP contribution in [0.2, 0.25) is 0 Å². The van der Waals surface area contributed by atoms with Gasteiger partial charge >= 0.3 is 0 Å². The van der Waals surface area contributed by atoms with Crippen molar-refractivity contribution >= 4 is 25.8 Å². The summed E-state index contributed by atoms with van der Waals surface area (Å²) < 4.78 is 22.8. The van der Waals surface area contributed by atoms with Crippen molar-refractivity contribution < 1.29 is 13.2 Å². The number of amides is 1. The lowest BCUT2D eigenvalue weighted by molar-refractivity contribution is 0.0943. The van der Waals surface area contributed by atoms with Crippen molar-refractivity contribution in [1.82, 2.24) is 5.32 Å². The van der Waals surface area contributed by atoms with Gasteiger partial charge in [-0.25, -0.2) is 13.6 Å². The highest BCUT2D eigenvalue weighted by Crippen LogP contribution is 2.24. The average Bonchev–Trinajstić information content (AvgIpc) is 2.67. The van der Waals surface area contributed by atoms with Crippen molar-refractivity contribution in [2.45, 2.75) is 24.8 Å². The Bertz CT molecular complexity index is 1030. The van der Waals surface area contributed by atoms with Crippen LogP contribution in [-0.4, -0.2) is 14.3 Å². The number of nitrogens with one attached hydrogen (secondary N) is 1. The molecule has 0 spiro atoms. The second-order valence-corrected chi connectivity index (χ2v) is 8.36. The van der Waals surface area contributed by atoms with E-state index in [0.717, 1.165) is 22.3 Å². The third-order valence-corrected chi connectivity index (χ3v) is 5.47. The van der Waals surface area contributed by atoms with E-state index in [0.29, 0.717) is 5.56 Å². The van der Waals surface area contributed by atoms with Crippen LogP contribution in [0.3, 0.4) is 0 Å². The minimum absolute atomic E-state index is 0. The van der Waals surface area contributed by atoms with Crippen LogP contribution in [-0.2, 0) is 10.0 Å². The predicted octanol–water partition coefficient (Wildman–Crippen LogP) is 3.53. The molecule has 3 aromatic rings. The highest BCUT2D eigenvalue weighted by molar-refractivity contribution is 7.89. The Morgan fingerprint density at radius 2 is 1.21 bits per heavy atom. The molecule has 3 N–H and O–H groups in total. The van der Waals surface area contributed by atoms with Gasteiger partial charge in [0.05, 0.1) is 10.9 Å². The Balaban J connectivity index is 0.00000300. The molecule has 0 bridgehead atoms. The third kappa shape index (κ3) is 5.73. The zero-order chi connectivity index (χ0) is 20.3. The monoisotopic (exact) mass is 428 g/mol. The minimum atomic E-state index is -3.79. The van der Waals surface area contributed by atoms with E-state index in [4.69, 9.17) is 5.14 Å². The highest BCUT2D eigenvalue weighted by Gasteiger charge is 2.18. The maximum Gasteiger partial charge on any atom is 0.252 e. The molecule has 3 rings (SSSR count). The number of carbonyl (C=O) groups excluding carboxylic acids is 1. The Morgan fingerprint density at radius 1 is 0.793 bits per heavy atom.